The van der Waals surface area contributed by atoms with E-state index >= 15 is 0 Å². The van der Waals surface area contributed by atoms with Gasteiger partial charge >= 0.3 is 0 Å². The molecular weight excluding hydrogens is 376 g/mol. The second-order valence-electron chi connectivity index (χ2n) is 6.41. The number of amides is 1. The first-order valence-corrected chi connectivity index (χ1v) is 10.2. The van der Waals surface area contributed by atoms with Gasteiger partial charge in [-0.15, -0.1) is 12.4 Å². The molecule has 7 nitrogen and oxygen atoms in total. The van der Waals surface area contributed by atoms with Crippen molar-refractivity contribution >= 4 is 34.2 Å². The highest BCUT2D eigenvalue weighted by Crippen LogP contribution is 2.22. The average Bonchev–Trinajstić information content (AvgIpc) is 2.89. The van der Waals surface area contributed by atoms with Crippen LogP contribution >= 0.6 is 12.4 Å². The highest BCUT2D eigenvalue weighted by Gasteiger charge is 2.30. The van der Waals surface area contributed by atoms with Crippen molar-refractivity contribution in [3.8, 4) is 0 Å². The molecule has 1 unspecified atom stereocenters. The van der Waals surface area contributed by atoms with Gasteiger partial charge in [-0.3, -0.25) is 14.5 Å². The number of rotatable bonds is 5. The molecule has 1 fully saturated rings. The van der Waals surface area contributed by atoms with Crippen molar-refractivity contribution in [3.05, 3.63) is 29.8 Å². The standard InChI is InChI=1S/C17H24N4O3S.ClH/c18-12-13-6-3-4-11-21(13)16(22)9-5-10-19-17-14-7-1-2-8-15(14)25(23,24)20-17;/h1-2,7-8,13H,3-6,9-12,18H2,(H,19,20);1H. The molecule has 2 aliphatic heterocycles. The van der Waals surface area contributed by atoms with Gasteiger partial charge in [0.05, 0.1) is 4.90 Å². The molecule has 1 aromatic rings. The van der Waals surface area contributed by atoms with Crippen molar-refractivity contribution in [1.29, 1.82) is 0 Å². The number of halogens is 1. The Hall–Kier alpha value is -1.64. The van der Waals surface area contributed by atoms with E-state index in [4.69, 9.17) is 5.73 Å². The smallest absolute Gasteiger partial charge is 0.263 e. The zero-order chi connectivity index (χ0) is 17.9. The molecule has 3 rings (SSSR count). The number of piperidine rings is 1. The van der Waals surface area contributed by atoms with Gasteiger partial charge < -0.3 is 10.6 Å². The fraction of sp³-hybridized carbons (Fsp3) is 0.529. The molecule has 2 aliphatic rings. The van der Waals surface area contributed by atoms with Gasteiger partial charge in [0.25, 0.3) is 10.0 Å². The van der Waals surface area contributed by atoms with Gasteiger partial charge in [0, 0.05) is 37.7 Å². The summed E-state index contributed by atoms with van der Waals surface area (Å²) < 4.78 is 26.5. The van der Waals surface area contributed by atoms with E-state index in [2.05, 4.69) is 9.71 Å². The topological polar surface area (TPSA) is 105 Å². The predicted octanol–water partition coefficient (Wildman–Crippen LogP) is 1.27. The van der Waals surface area contributed by atoms with Crippen molar-refractivity contribution in [3.63, 3.8) is 0 Å². The third-order valence-electron chi connectivity index (χ3n) is 4.70. The molecule has 0 aromatic heterocycles. The van der Waals surface area contributed by atoms with Crippen LogP contribution in [0.25, 0.3) is 0 Å². The Bertz CT molecular complexity index is 782. The first-order valence-electron chi connectivity index (χ1n) is 8.69. The van der Waals surface area contributed by atoms with Crippen LogP contribution in [0.4, 0.5) is 0 Å². The van der Waals surface area contributed by atoms with Crippen LogP contribution in [-0.4, -0.2) is 50.7 Å². The van der Waals surface area contributed by atoms with Crippen molar-refractivity contribution < 1.29 is 13.2 Å². The Morgan fingerprint density at radius 1 is 1.31 bits per heavy atom. The van der Waals surface area contributed by atoms with Crippen LogP contribution in [0.2, 0.25) is 0 Å². The maximum atomic E-state index is 12.4. The van der Waals surface area contributed by atoms with E-state index in [0.29, 0.717) is 37.3 Å². The number of hydrogen-bond acceptors (Lipinski definition) is 5. The number of carbonyl (C=O) groups excluding carboxylic acids is 1. The maximum Gasteiger partial charge on any atom is 0.263 e. The lowest BCUT2D eigenvalue weighted by Gasteiger charge is -2.35. The number of carbonyl (C=O) groups is 1. The summed E-state index contributed by atoms with van der Waals surface area (Å²) in [7, 11) is -3.51. The van der Waals surface area contributed by atoms with Crippen LogP contribution < -0.4 is 10.5 Å². The number of benzene rings is 1. The summed E-state index contributed by atoms with van der Waals surface area (Å²) in [6.07, 6.45) is 4.12. The molecule has 2 heterocycles. The van der Waals surface area contributed by atoms with Gasteiger partial charge in [0.2, 0.25) is 5.91 Å². The van der Waals surface area contributed by atoms with Gasteiger partial charge in [-0.05, 0) is 37.8 Å². The van der Waals surface area contributed by atoms with Gasteiger partial charge in [-0.1, -0.05) is 12.1 Å². The van der Waals surface area contributed by atoms with Crippen molar-refractivity contribution in [1.82, 2.24) is 9.62 Å². The minimum atomic E-state index is -3.51. The zero-order valence-corrected chi connectivity index (χ0v) is 16.2. The second-order valence-corrected chi connectivity index (χ2v) is 8.06. The van der Waals surface area contributed by atoms with Crippen molar-refractivity contribution in [2.24, 2.45) is 10.7 Å². The molecule has 0 saturated carbocycles. The highest BCUT2D eigenvalue weighted by atomic mass is 35.5. The predicted molar refractivity (Wildman–Crippen MR) is 103 cm³/mol. The van der Waals surface area contributed by atoms with Crippen LogP contribution in [0, 0.1) is 0 Å². The van der Waals surface area contributed by atoms with Gasteiger partial charge in [0.15, 0.2) is 0 Å². The summed E-state index contributed by atoms with van der Waals surface area (Å²) in [5, 5.41) is 0. The number of likely N-dealkylation sites (tertiary alicyclic amines) is 1. The van der Waals surface area contributed by atoms with E-state index in [0.717, 1.165) is 25.8 Å². The van der Waals surface area contributed by atoms with Crippen LogP contribution in [0.1, 0.15) is 37.7 Å². The van der Waals surface area contributed by atoms with Gasteiger partial charge in [-0.25, -0.2) is 8.42 Å². The van der Waals surface area contributed by atoms with E-state index in [9.17, 15) is 13.2 Å². The molecular formula is C17H25ClN4O3S. The number of nitrogens with one attached hydrogen (secondary N) is 1. The number of nitrogens with zero attached hydrogens (tertiary/aromatic N) is 2. The molecule has 0 bridgehead atoms. The summed E-state index contributed by atoms with van der Waals surface area (Å²) in [5.41, 5.74) is 6.35. The normalized spacial score (nSPS) is 22.4. The lowest BCUT2D eigenvalue weighted by Crippen LogP contribution is -2.47. The first kappa shape index (κ1) is 20.7. The number of nitrogens with two attached hydrogens (primary N) is 1. The highest BCUT2D eigenvalue weighted by molar-refractivity contribution is 7.90. The summed E-state index contributed by atoms with van der Waals surface area (Å²) in [5.74, 6) is 0.476. The molecule has 1 amide bonds. The molecule has 0 spiro atoms. The number of fused-ring (bicyclic) bond motifs is 1. The molecule has 0 aliphatic carbocycles. The second kappa shape index (κ2) is 8.83. The average molecular weight is 401 g/mol. The fourth-order valence-corrected chi connectivity index (χ4v) is 4.64. The minimum absolute atomic E-state index is 0. The minimum Gasteiger partial charge on any atom is -0.338 e. The number of sulfonamides is 1. The molecule has 9 heteroatoms. The lowest BCUT2D eigenvalue weighted by atomic mass is 10.0. The third kappa shape index (κ3) is 4.36. The monoisotopic (exact) mass is 400 g/mol. The molecule has 1 saturated heterocycles. The zero-order valence-electron chi connectivity index (χ0n) is 14.6. The van der Waals surface area contributed by atoms with Crippen LogP contribution in [0.5, 0.6) is 0 Å². The van der Waals surface area contributed by atoms with Crippen LogP contribution in [0.15, 0.2) is 34.2 Å². The van der Waals surface area contributed by atoms with E-state index in [1.165, 1.54) is 0 Å². The Labute approximate surface area is 160 Å². The molecule has 1 atom stereocenters. The van der Waals surface area contributed by atoms with E-state index in [1.54, 1.807) is 24.3 Å². The van der Waals surface area contributed by atoms with E-state index < -0.39 is 10.0 Å². The Morgan fingerprint density at radius 3 is 2.85 bits per heavy atom. The third-order valence-corrected chi connectivity index (χ3v) is 6.10. The number of aliphatic imine (C=N–C) groups is 1. The van der Waals surface area contributed by atoms with E-state index in [1.807, 2.05) is 4.90 Å². The quantitative estimate of drug-likeness (QED) is 0.726. The lowest BCUT2D eigenvalue weighted by molar-refractivity contribution is -0.134. The van der Waals surface area contributed by atoms with Crippen molar-refractivity contribution in [2.75, 3.05) is 19.6 Å². The first-order chi connectivity index (χ1) is 12.0. The molecule has 26 heavy (non-hydrogen) atoms. The summed E-state index contributed by atoms with van der Waals surface area (Å²) >= 11 is 0. The van der Waals surface area contributed by atoms with E-state index in [-0.39, 0.29) is 29.3 Å². The fourth-order valence-electron chi connectivity index (χ4n) is 3.39. The van der Waals surface area contributed by atoms with Gasteiger partial charge in [0.1, 0.15) is 5.84 Å². The summed E-state index contributed by atoms with van der Waals surface area (Å²) in [6, 6.07) is 6.92. The molecule has 144 valence electrons. The van der Waals surface area contributed by atoms with Gasteiger partial charge in [-0.2, -0.15) is 0 Å². The van der Waals surface area contributed by atoms with Crippen LogP contribution in [0.3, 0.4) is 0 Å². The summed E-state index contributed by atoms with van der Waals surface area (Å²) in [4.78, 5) is 18.9. The SMILES string of the molecule is Cl.NCC1CCCCN1C(=O)CCCN=C1NS(=O)(=O)c2ccccc21. The maximum absolute atomic E-state index is 12.4. The Balaban J connectivity index is 0.00000243. The number of amidine groups is 1. The Morgan fingerprint density at radius 2 is 2.08 bits per heavy atom. The van der Waals surface area contributed by atoms with Crippen molar-refractivity contribution in [2.45, 2.75) is 43.0 Å². The van der Waals surface area contributed by atoms with Crippen LogP contribution in [-0.2, 0) is 14.8 Å². The largest absolute Gasteiger partial charge is 0.338 e. The molecule has 1 aromatic carbocycles. The molecule has 3 N–H and O–H groups in total. The Kier molecular flexibility index (Phi) is 7.02. The summed E-state index contributed by atoms with van der Waals surface area (Å²) in [6.45, 7) is 1.69. The number of hydrogen-bond donors (Lipinski definition) is 2. The molecule has 0 radical (unpaired) electrons.